The monoisotopic (exact) mass is 266 g/mol. The number of benzene rings is 1. The van der Waals surface area contributed by atoms with Gasteiger partial charge in [0.2, 0.25) is 0 Å². The Morgan fingerprint density at radius 2 is 2.00 bits per heavy atom. The average molecular weight is 266 g/mol. The molecule has 0 N–H and O–H groups in total. The van der Waals surface area contributed by atoms with Crippen molar-refractivity contribution >= 4 is 17.4 Å². The first-order valence-corrected chi connectivity index (χ1v) is 5.45. The van der Waals surface area contributed by atoms with Gasteiger partial charge in [-0.2, -0.15) is 0 Å². The Hall–Kier alpha value is -2.44. The van der Waals surface area contributed by atoms with Gasteiger partial charge in [0.05, 0.1) is 10.5 Å². The maximum Gasteiger partial charge on any atom is 0.270 e. The van der Waals surface area contributed by atoms with Crippen molar-refractivity contribution in [2.24, 2.45) is 0 Å². The maximum absolute atomic E-state index is 11.4. The lowest BCUT2D eigenvalue weighted by Crippen LogP contribution is -2.27. The van der Waals surface area contributed by atoms with Crippen molar-refractivity contribution in [3.05, 3.63) is 33.9 Å². The first-order valence-electron chi connectivity index (χ1n) is 5.45. The van der Waals surface area contributed by atoms with E-state index in [-0.39, 0.29) is 35.3 Å². The number of nitro groups is 1. The van der Waals surface area contributed by atoms with E-state index in [2.05, 4.69) is 0 Å². The van der Waals surface area contributed by atoms with E-state index in [1.165, 1.54) is 24.0 Å². The number of carbonyl (C=O) groups excluding carboxylic acids is 2. The van der Waals surface area contributed by atoms with Gasteiger partial charge in [-0.3, -0.25) is 19.7 Å². The fourth-order valence-electron chi connectivity index (χ4n) is 1.30. The topological polar surface area (TPSA) is 89.7 Å². The zero-order valence-corrected chi connectivity index (χ0v) is 10.9. The van der Waals surface area contributed by atoms with Gasteiger partial charge in [-0.05, 0) is 13.0 Å². The molecular formula is C12H14N2O5. The molecular weight excluding hydrogens is 252 g/mol. The molecule has 0 unspecified atom stereocenters. The van der Waals surface area contributed by atoms with Gasteiger partial charge in [0.15, 0.2) is 12.4 Å². The fraction of sp³-hybridized carbons (Fsp3) is 0.333. The van der Waals surface area contributed by atoms with Crippen LogP contribution in [0.25, 0.3) is 0 Å². The Labute approximate surface area is 109 Å². The van der Waals surface area contributed by atoms with Crippen LogP contribution >= 0.6 is 0 Å². The van der Waals surface area contributed by atoms with Crippen LogP contribution < -0.4 is 4.74 Å². The molecule has 0 aliphatic heterocycles. The first-order chi connectivity index (χ1) is 8.82. The van der Waals surface area contributed by atoms with E-state index in [1.807, 2.05) is 0 Å². The highest BCUT2D eigenvalue weighted by Crippen LogP contribution is 2.24. The van der Waals surface area contributed by atoms with Gasteiger partial charge in [-0.15, -0.1) is 0 Å². The second-order valence-electron chi connectivity index (χ2n) is 4.07. The van der Waals surface area contributed by atoms with Gasteiger partial charge >= 0.3 is 0 Å². The number of amides is 1. The van der Waals surface area contributed by atoms with Gasteiger partial charge in [0.25, 0.3) is 11.6 Å². The third kappa shape index (κ3) is 3.77. The summed E-state index contributed by atoms with van der Waals surface area (Å²) in [6.45, 7) is 1.05. The normalized spacial score (nSPS) is 9.84. The van der Waals surface area contributed by atoms with E-state index in [0.29, 0.717) is 0 Å². The van der Waals surface area contributed by atoms with Gasteiger partial charge < -0.3 is 9.64 Å². The molecule has 1 amide bonds. The van der Waals surface area contributed by atoms with Gasteiger partial charge in [0.1, 0.15) is 5.75 Å². The number of Topliss-reactive ketones (excluding diaryl/α,β-unsaturated/α-hetero) is 1. The molecule has 0 radical (unpaired) electrons. The van der Waals surface area contributed by atoms with Gasteiger partial charge in [-0.25, -0.2) is 0 Å². The lowest BCUT2D eigenvalue weighted by molar-refractivity contribution is -0.384. The zero-order chi connectivity index (χ0) is 14.6. The van der Waals surface area contributed by atoms with Crippen molar-refractivity contribution in [2.75, 3.05) is 20.7 Å². The van der Waals surface area contributed by atoms with E-state index < -0.39 is 4.92 Å². The van der Waals surface area contributed by atoms with E-state index in [1.54, 1.807) is 14.1 Å². The van der Waals surface area contributed by atoms with Gasteiger partial charge in [0, 0.05) is 26.2 Å². The third-order valence-corrected chi connectivity index (χ3v) is 2.40. The van der Waals surface area contributed by atoms with Crippen LogP contribution in [0.1, 0.15) is 17.3 Å². The number of nitrogens with zero attached hydrogens (tertiary/aromatic N) is 2. The van der Waals surface area contributed by atoms with Crippen LogP contribution in [-0.2, 0) is 4.79 Å². The highest BCUT2D eigenvalue weighted by atomic mass is 16.6. The average Bonchev–Trinajstić information content (AvgIpc) is 2.35. The molecule has 0 saturated carbocycles. The number of rotatable bonds is 5. The summed E-state index contributed by atoms with van der Waals surface area (Å²) in [6.07, 6.45) is 0. The number of likely N-dealkylation sites (N-methyl/N-ethyl adjacent to an activating group) is 1. The van der Waals surface area contributed by atoms with Crippen molar-refractivity contribution in [1.29, 1.82) is 0 Å². The van der Waals surface area contributed by atoms with Crippen molar-refractivity contribution in [3.63, 3.8) is 0 Å². The predicted octanol–water partition coefficient (Wildman–Crippen LogP) is 1.26. The van der Waals surface area contributed by atoms with Crippen LogP contribution in [0.4, 0.5) is 5.69 Å². The predicted molar refractivity (Wildman–Crippen MR) is 67.3 cm³/mol. The molecule has 19 heavy (non-hydrogen) atoms. The Morgan fingerprint density at radius 3 is 2.47 bits per heavy atom. The second kappa shape index (κ2) is 5.94. The largest absolute Gasteiger partial charge is 0.483 e. The van der Waals surface area contributed by atoms with Gasteiger partial charge in [-0.1, -0.05) is 0 Å². The molecule has 1 rings (SSSR count). The lowest BCUT2D eigenvalue weighted by Gasteiger charge is -2.12. The molecule has 0 aliphatic rings. The van der Waals surface area contributed by atoms with Crippen LogP contribution in [0.3, 0.4) is 0 Å². The number of carbonyl (C=O) groups is 2. The van der Waals surface area contributed by atoms with Crippen molar-refractivity contribution < 1.29 is 19.2 Å². The molecule has 0 atom stereocenters. The molecule has 0 bridgehead atoms. The Morgan fingerprint density at radius 1 is 1.37 bits per heavy atom. The summed E-state index contributed by atoms with van der Waals surface area (Å²) >= 11 is 0. The lowest BCUT2D eigenvalue weighted by atomic mass is 10.1. The first kappa shape index (κ1) is 14.6. The van der Waals surface area contributed by atoms with Crippen LogP contribution in [0.15, 0.2) is 18.2 Å². The smallest absolute Gasteiger partial charge is 0.270 e. The number of hydrogen-bond acceptors (Lipinski definition) is 5. The molecule has 7 heteroatoms. The molecule has 0 heterocycles. The zero-order valence-electron chi connectivity index (χ0n) is 10.9. The molecule has 0 fully saturated rings. The minimum atomic E-state index is -0.596. The molecule has 0 spiro atoms. The van der Waals surface area contributed by atoms with Crippen LogP contribution in [0, 0.1) is 10.1 Å². The maximum atomic E-state index is 11.4. The van der Waals surface area contributed by atoms with Crippen molar-refractivity contribution in [1.82, 2.24) is 4.90 Å². The quantitative estimate of drug-likeness (QED) is 0.454. The van der Waals surface area contributed by atoms with Crippen molar-refractivity contribution in [3.8, 4) is 5.75 Å². The summed E-state index contributed by atoms with van der Waals surface area (Å²) in [5, 5.41) is 10.6. The number of non-ortho nitro benzene ring substituents is 1. The summed E-state index contributed by atoms with van der Waals surface area (Å²) in [6, 6.07) is 3.68. The van der Waals surface area contributed by atoms with Crippen LogP contribution in [-0.4, -0.2) is 42.2 Å². The molecule has 102 valence electrons. The van der Waals surface area contributed by atoms with E-state index in [0.717, 1.165) is 6.07 Å². The van der Waals surface area contributed by atoms with E-state index >= 15 is 0 Å². The summed E-state index contributed by atoms with van der Waals surface area (Å²) in [4.78, 5) is 34.2. The highest BCUT2D eigenvalue weighted by molar-refractivity contribution is 5.97. The minimum Gasteiger partial charge on any atom is -0.483 e. The number of ketones is 1. The Balaban J connectivity index is 2.98. The summed E-state index contributed by atoms with van der Waals surface area (Å²) in [5.41, 5.74) is -0.114. The number of nitro benzene ring substituents is 1. The second-order valence-corrected chi connectivity index (χ2v) is 4.07. The SMILES string of the molecule is CC(=O)c1cc([N+](=O)[O-])ccc1OCC(=O)N(C)C. The fourth-order valence-corrected chi connectivity index (χ4v) is 1.30. The molecule has 1 aromatic rings. The Bertz CT molecular complexity index is 525. The van der Waals surface area contributed by atoms with Crippen LogP contribution in [0.2, 0.25) is 0 Å². The minimum absolute atomic E-state index is 0.0840. The third-order valence-electron chi connectivity index (χ3n) is 2.40. The number of ether oxygens (including phenoxy) is 1. The summed E-state index contributed by atoms with van der Waals surface area (Å²) in [5.74, 6) is -0.475. The highest BCUT2D eigenvalue weighted by Gasteiger charge is 2.16. The molecule has 0 aromatic heterocycles. The van der Waals surface area contributed by atoms with Crippen molar-refractivity contribution in [2.45, 2.75) is 6.92 Å². The number of hydrogen-bond donors (Lipinski definition) is 0. The Kier molecular flexibility index (Phi) is 4.57. The molecule has 1 aromatic carbocycles. The molecule has 0 saturated heterocycles. The molecule has 0 aliphatic carbocycles. The van der Waals surface area contributed by atoms with E-state index in [9.17, 15) is 19.7 Å². The summed E-state index contributed by atoms with van der Waals surface area (Å²) < 4.78 is 5.22. The van der Waals surface area contributed by atoms with Crippen LogP contribution in [0.5, 0.6) is 5.75 Å². The van der Waals surface area contributed by atoms with E-state index in [4.69, 9.17) is 4.74 Å². The standard InChI is InChI=1S/C12H14N2O5/c1-8(15)10-6-9(14(17)18)4-5-11(10)19-7-12(16)13(2)3/h4-6H,7H2,1-3H3. The summed E-state index contributed by atoms with van der Waals surface area (Å²) in [7, 11) is 3.15. The molecule has 7 nitrogen and oxygen atoms in total.